The van der Waals surface area contributed by atoms with Crippen molar-refractivity contribution in [1.82, 2.24) is 4.31 Å². The van der Waals surface area contributed by atoms with Gasteiger partial charge in [-0.05, 0) is 24.3 Å². The predicted molar refractivity (Wildman–Crippen MR) is 72.9 cm³/mol. The lowest BCUT2D eigenvalue weighted by molar-refractivity contribution is 0.396. The van der Waals surface area contributed by atoms with E-state index in [2.05, 4.69) is 0 Å². The van der Waals surface area contributed by atoms with E-state index >= 15 is 0 Å². The first-order chi connectivity index (χ1) is 8.05. The van der Waals surface area contributed by atoms with Crippen molar-refractivity contribution in [3.8, 4) is 0 Å². The Morgan fingerprint density at radius 2 is 2.29 bits per heavy atom. The molecular formula is C10H16N2O2S3. The van der Waals surface area contributed by atoms with Gasteiger partial charge in [-0.1, -0.05) is 0 Å². The smallest absolute Gasteiger partial charge is 0.252 e. The normalized spacial score (nSPS) is 21.2. The summed E-state index contributed by atoms with van der Waals surface area (Å²) in [6.45, 7) is 0.392. The first kappa shape index (κ1) is 13.4. The SMILES string of the molecule is CN(C1CCSC1)S(=O)(=O)c1ccc(CN)s1. The Morgan fingerprint density at radius 3 is 2.82 bits per heavy atom. The van der Waals surface area contributed by atoms with Crippen molar-refractivity contribution in [1.29, 1.82) is 0 Å². The van der Waals surface area contributed by atoms with E-state index in [9.17, 15) is 8.42 Å². The van der Waals surface area contributed by atoms with Gasteiger partial charge in [0.25, 0.3) is 10.0 Å². The lowest BCUT2D eigenvalue weighted by Crippen LogP contribution is -2.36. The summed E-state index contributed by atoms with van der Waals surface area (Å²) in [6, 6.07) is 3.57. The van der Waals surface area contributed by atoms with Gasteiger partial charge in [0, 0.05) is 30.3 Å². The molecule has 7 heteroatoms. The molecule has 0 saturated carbocycles. The van der Waals surface area contributed by atoms with Crippen molar-refractivity contribution in [2.24, 2.45) is 5.73 Å². The number of sulfonamides is 1. The number of nitrogens with two attached hydrogens (primary N) is 1. The minimum absolute atomic E-state index is 0.133. The minimum atomic E-state index is -3.33. The minimum Gasteiger partial charge on any atom is -0.326 e. The van der Waals surface area contributed by atoms with Crippen LogP contribution in [0.3, 0.4) is 0 Å². The molecule has 0 radical (unpaired) electrons. The summed E-state index contributed by atoms with van der Waals surface area (Å²) in [7, 11) is -1.65. The lowest BCUT2D eigenvalue weighted by atomic mass is 10.3. The van der Waals surface area contributed by atoms with Crippen molar-refractivity contribution in [2.75, 3.05) is 18.6 Å². The fourth-order valence-electron chi connectivity index (χ4n) is 1.75. The molecule has 0 bridgehead atoms. The van der Waals surface area contributed by atoms with Crippen LogP contribution in [0.25, 0.3) is 0 Å². The average Bonchev–Trinajstić information content (AvgIpc) is 2.98. The van der Waals surface area contributed by atoms with E-state index in [0.29, 0.717) is 10.8 Å². The second-order valence-electron chi connectivity index (χ2n) is 3.96. The maximum Gasteiger partial charge on any atom is 0.252 e. The Bertz CT molecular complexity index is 477. The number of hydrogen-bond acceptors (Lipinski definition) is 5. The Hall–Kier alpha value is -0.0800. The number of rotatable bonds is 4. The molecule has 96 valence electrons. The molecule has 1 aliphatic heterocycles. The quantitative estimate of drug-likeness (QED) is 0.909. The molecule has 0 aliphatic carbocycles. The number of hydrogen-bond donors (Lipinski definition) is 1. The van der Waals surface area contributed by atoms with E-state index in [1.54, 1.807) is 19.2 Å². The van der Waals surface area contributed by atoms with Crippen LogP contribution in [0, 0.1) is 0 Å². The van der Waals surface area contributed by atoms with Crippen molar-refractivity contribution >= 4 is 33.1 Å². The summed E-state index contributed by atoms with van der Waals surface area (Å²) in [5, 5.41) is 0. The topological polar surface area (TPSA) is 63.4 Å². The first-order valence-electron chi connectivity index (χ1n) is 5.40. The molecule has 17 heavy (non-hydrogen) atoms. The summed E-state index contributed by atoms with van der Waals surface area (Å²) in [6.07, 6.45) is 0.940. The molecule has 2 N–H and O–H groups in total. The second-order valence-corrected chi connectivity index (χ2v) is 8.51. The fraction of sp³-hybridized carbons (Fsp3) is 0.600. The van der Waals surface area contributed by atoms with Gasteiger partial charge in [0.2, 0.25) is 0 Å². The monoisotopic (exact) mass is 292 g/mol. The third-order valence-corrected chi connectivity index (χ3v) is 7.52. The molecule has 1 atom stereocenters. The highest BCUT2D eigenvalue weighted by Gasteiger charge is 2.31. The molecule has 2 heterocycles. The summed E-state index contributed by atoms with van der Waals surface area (Å²) in [4.78, 5) is 0.901. The Balaban J connectivity index is 2.22. The Labute approximate surface area is 110 Å². The highest BCUT2D eigenvalue weighted by molar-refractivity contribution is 7.99. The predicted octanol–water partition coefficient (Wildman–Crippen LogP) is 1.33. The first-order valence-corrected chi connectivity index (χ1v) is 8.81. The maximum atomic E-state index is 12.3. The lowest BCUT2D eigenvalue weighted by Gasteiger charge is -2.22. The summed E-state index contributed by atoms with van der Waals surface area (Å²) in [5.74, 6) is 1.94. The van der Waals surface area contributed by atoms with E-state index in [1.807, 2.05) is 11.8 Å². The molecule has 1 aliphatic rings. The van der Waals surface area contributed by atoms with Crippen LogP contribution in [0.2, 0.25) is 0 Å². The highest BCUT2D eigenvalue weighted by atomic mass is 32.2. The molecule has 0 amide bonds. The van der Waals surface area contributed by atoms with Crippen molar-refractivity contribution in [3.63, 3.8) is 0 Å². The summed E-state index contributed by atoms with van der Waals surface area (Å²) in [5.41, 5.74) is 5.50. The van der Waals surface area contributed by atoms with Crippen LogP contribution in [0.1, 0.15) is 11.3 Å². The van der Waals surface area contributed by atoms with Gasteiger partial charge >= 0.3 is 0 Å². The van der Waals surface area contributed by atoms with Crippen molar-refractivity contribution in [2.45, 2.75) is 23.2 Å². The number of thiophene rings is 1. The largest absolute Gasteiger partial charge is 0.326 e. The standard InChI is InChI=1S/C10H16N2O2S3/c1-12(8-4-5-15-7-8)17(13,14)10-3-2-9(6-11)16-10/h2-3,8H,4-7,11H2,1H3. The van der Waals surface area contributed by atoms with Gasteiger partial charge in [0.1, 0.15) is 4.21 Å². The van der Waals surface area contributed by atoms with Crippen LogP contribution in [0.4, 0.5) is 0 Å². The Morgan fingerprint density at radius 1 is 1.53 bits per heavy atom. The second kappa shape index (κ2) is 5.27. The molecule has 1 fully saturated rings. The number of nitrogens with zero attached hydrogens (tertiary/aromatic N) is 1. The molecule has 0 aromatic carbocycles. The van der Waals surface area contributed by atoms with Crippen molar-refractivity contribution < 1.29 is 8.42 Å². The van der Waals surface area contributed by atoms with Gasteiger partial charge in [-0.15, -0.1) is 11.3 Å². The van der Waals surface area contributed by atoms with Crippen LogP contribution >= 0.6 is 23.1 Å². The zero-order valence-corrected chi connectivity index (χ0v) is 12.1. The van der Waals surface area contributed by atoms with Crippen LogP contribution in [-0.2, 0) is 16.6 Å². The van der Waals surface area contributed by atoms with Crippen LogP contribution in [0.15, 0.2) is 16.3 Å². The molecule has 2 rings (SSSR count). The van der Waals surface area contributed by atoms with Gasteiger partial charge in [0.05, 0.1) is 0 Å². The summed E-state index contributed by atoms with van der Waals surface area (Å²) >= 11 is 3.07. The zero-order valence-electron chi connectivity index (χ0n) is 9.63. The fourth-order valence-corrected chi connectivity index (χ4v) is 5.92. The maximum absolute atomic E-state index is 12.3. The van der Waals surface area contributed by atoms with Gasteiger partial charge in [-0.3, -0.25) is 0 Å². The van der Waals surface area contributed by atoms with Gasteiger partial charge in [-0.25, -0.2) is 8.42 Å². The third-order valence-electron chi connectivity index (χ3n) is 2.89. The van der Waals surface area contributed by atoms with Gasteiger partial charge in [0.15, 0.2) is 0 Å². The van der Waals surface area contributed by atoms with E-state index in [0.717, 1.165) is 22.8 Å². The third kappa shape index (κ3) is 2.68. The van der Waals surface area contributed by atoms with Crippen molar-refractivity contribution in [3.05, 3.63) is 17.0 Å². The molecule has 0 spiro atoms. The van der Waals surface area contributed by atoms with Gasteiger partial charge < -0.3 is 5.73 Å². The zero-order chi connectivity index (χ0) is 12.5. The van der Waals surface area contributed by atoms with Crippen LogP contribution < -0.4 is 5.73 Å². The summed E-state index contributed by atoms with van der Waals surface area (Å²) < 4.78 is 26.6. The van der Waals surface area contributed by atoms with Crippen LogP contribution in [-0.4, -0.2) is 37.3 Å². The molecular weight excluding hydrogens is 276 g/mol. The molecule has 1 unspecified atom stereocenters. The molecule has 4 nitrogen and oxygen atoms in total. The number of thioether (sulfide) groups is 1. The molecule has 1 saturated heterocycles. The molecule has 1 aromatic heterocycles. The van der Waals surface area contributed by atoms with E-state index in [4.69, 9.17) is 5.73 Å². The van der Waals surface area contributed by atoms with E-state index in [-0.39, 0.29) is 6.04 Å². The average molecular weight is 292 g/mol. The van der Waals surface area contributed by atoms with E-state index in [1.165, 1.54) is 15.6 Å². The van der Waals surface area contributed by atoms with E-state index < -0.39 is 10.0 Å². The molecule has 1 aromatic rings. The van der Waals surface area contributed by atoms with Gasteiger partial charge in [-0.2, -0.15) is 16.1 Å². The highest BCUT2D eigenvalue weighted by Crippen LogP contribution is 2.29. The Kier molecular flexibility index (Phi) is 4.14. The van der Waals surface area contributed by atoms with Crippen LogP contribution in [0.5, 0.6) is 0 Å².